The molecule has 2 aromatic heterocycles. The van der Waals surface area contributed by atoms with Crippen molar-refractivity contribution < 1.29 is 19.0 Å². The summed E-state index contributed by atoms with van der Waals surface area (Å²) in [6, 6.07) is 5.41. The molecule has 188 valence electrons. The van der Waals surface area contributed by atoms with Gasteiger partial charge in [-0.15, -0.1) is 10.2 Å². The summed E-state index contributed by atoms with van der Waals surface area (Å²) in [7, 11) is 2.97. The van der Waals surface area contributed by atoms with Gasteiger partial charge in [0.1, 0.15) is 11.9 Å². The fourth-order valence-electron chi connectivity index (χ4n) is 5.39. The molecule has 6 rings (SSSR count). The summed E-state index contributed by atoms with van der Waals surface area (Å²) in [6.07, 6.45) is 6.96. The van der Waals surface area contributed by atoms with E-state index in [1.165, 1.54) is 14.2 Å². The Bertz CT molecular complexity index is 1260. The number of ether oxygens (including phenoxy) is 2. The van der Waals surface area contributed by atoms with Crippen LogP contribution in [0.15, 0.2) is 30.6 Å². The van der Waals surface area contributed by atoms with Crippen LogP contribution in [0.25, 0.3) is 22.6 Å². The fourth-order valence-corrected chi connectivity index (χ4v) is 5.39. The van der Waals surface area contributed by atoms with E-state index in [2.05, 4.69) is 35.4 Å². The minimum absolute atomic E-state index is 0.0172. The second-order valence-electron chi connectivity index (χ2n) is 9.58. The zero-order valence-electron chi connectivity index (χ0n) is 20.1. The van der Waals surface area contributed by atoms with Gasteiger partial charge in [-0.3, -0.25) is 0 Å². The van der Waals surface area contributed by atoms with E-state index in [0.29, 0.717) is 34.5 Å². The molecule has 3 fully saturated rings. The Morgan fingerprint density at radius 2 is 1.86 bits per heavy atom. The van der Waals surface area contributed by atoms with E-state index in [-0.39, 0.29) is 35.6 Å². The molecule has 0 amide bonds. The number of hydrogen-bond donors (Lipinski definition) is 2. The number of benzene rings is 1. The van der Waals surface area contributed by atoms with E-state index in [4.69, 9.17) is 9.47 Å². The standard InChI is InChI=1S/C25H28FN7O3/c1-35-24-25(36-2)30-18(11-28-24)13-3-7-16(20(34)9-13)23-27-12-21(31-32-23)33(15-5-6-15)19-10-14-4-8-17(29-14)22(19)26/h3,7,9,11-12,14-15,17,19,22,29,34H,4-6,8,10H2,1-2H3/t14-,17+,19-,22+/m1/s1. The number of phenolic OH excluding ortho intramolecular Hbond substituents is 1. The van der Waals surface area contributed by atoms with Crippen molar-refractivity contribution in [3.63, 3.8) is 0 Å². The van der Waals surface area contributed by atoms with Crippen molar-refractivity contribution >= 4 is 5.82 Å². The van der Waals surface area contributed by atoms with Gasteiger partial charge in [-0.1, -0.05) is 6.07 Å². The lowest BCUT2D eigenvalue weighted by atomic mass is 9.96. The summed E-state index contributed by atoms with van der Waals surface area (Å²) < 4.78 is 25.6. The monoisotopic (exact) mass is 493 g/mol. The Labute approximate surface area is 207 Å². The first-order valence-corrected chi connectivity index (χ1v) is 12.2. The molecule has 4 atom stereocenters. The molecule has 36 heavy (non-hydrogen) atoms. The molecule has 1 saturated carbocycles. The highest BCUT2D eigenvalue weighted by atomic mass is 19.1. The smallest absolute Gasteiger partial charge is 0.278 e. The van der Waals surface area contributed by atoms with E-state index < -0.39 is 6.17 Å². The van der Waals surface area contributed by atoms with Crippen LogP contribution >= 0.6 is 0 Å². The van der Waals surface area contributed by atoms with Crippen LogP contribution in [0.5, 0.6) is 17.5 Å². The van der Waals surface area contributed by atoms with Crippen LogP contribution in [0.3, 0.4) is 0 Å². The van der Waals surface area contributed by atoms with Gasteiger partial charge in [0.15, 0.2) is 11.6 Å². The van der Waals surface area contributed by atoms with E-state index in [0.717, 1.165) is 32.1 Å². The topological polar surface area (TPSA) is 118 Å². The maximum atomic E-state index is 15.3. The summed E-state index contributed by atoms with van der Waals surface area (Å²) >= 11 is 0. The van der Waals surface area contributed by atoms with Gasteiger partial charge in [-0.05, 0) is 44.2 Å². The number of alkyl halides is 1. The van der Waals surface area contributed by atoms with Gasteiger partial charge in [0, 0.05) is 23.7 Å². The van der Waals surface area contributed by atoms with Crippen LogP contribution in [0.1, 0.15) is 32.1 Å². The molecular weight excluding hydrogens is 465 g/mol. The van der Waals surface area contributed by atoms with Crippen molar-refractivity contribution in [1.29, 1.82) is 0 Å². The quantitative estimate of drug-likeness (QED) is 0.509. The predicted octanol–water partition coefficient (Wildman–Crippen LogP) is 2.92. The lowest BCUT2D eigenvalue weighted by Gasteiger charge is -2.40. The first-order valence-electron chi connectivity index (χ1n) is 12.2. The Kier molecular flexibility index (Phi) is 5.79. The molecule has 2 bridgehead atoms. The Hall–Kier alpha value is -3.60. The molecule has 2 N–H and O–H groups in total. The molecule has 3 aromatic rings. The van der Waals surface area contributed by atoms with E-state index in [9.17, 15) is 5.11 Å². The number of aromatic nitrogens is 5. The van der Waals surface area contributed by atoms with Gasteiger partial charge in [-0.25, -0.2) is 19.3 Å². The van der Waals surface area contributed by atoms with Crippen molar-refractivity contribution in [3.8, 4) is 40.2 Å². The minimum atomic E-state index is -0.943. The average molecular weight is 494 g/mol. The number of phenols is 1. The summed E-state index contributed by atoms with van der Waals surface area (Å²) in [5.41, 5.74) is 1.59. The molecule has 0 spiro atoms. The zero-order chi connectivity index (χ0) is 24.8. The minimum Gasteiger partial charge on any atom is -0.507 e. The first-order chi connectivity index (χ1) is 17.6. The van der Waals surface area contributed by atoms with Gasteiger partial charge in [0.05, 0.1) is 43.9 Å². The molecule has 1 aromatic carbocycles. The predicted molar refractivity (Wildman–Crippen MR) is 130 cm³/mol. The molecule has 10 nitrogen and oxygen atoms in total. The Morgan fingerprint density at radius 3 is 2.56 bits per heavy atom. The van der Waals surface area contributed by atoms with Crippen LogP contribution in [0.4, 0.5) is 10.2 Å². The second-order valence-corrected chi connectivity index (χ2v) is 9.58. The molecular formula is C25H28FN7O3. The summed E-state index contributed by atoms with van der Waals surface area (Å²) in [6.45, 7) is 0. The van der Waals surface area contributed by atoms with Crippen LogP contribution in [0.2, 0.25) is 0 Å². The van der Waals surface area contributed by atoms with Gasteiger partial charge < -0.3 is 24.8 Å². The van der Waals surface area contributed by atoms with Crippen LogP contribution < -0.4 is 19.7 Å². The molecule has 1 aliphatic carbocycles. The first kappa shape index (κ1) is 22.8. The molecule has 2 saturated heterocycles. The third-order valence-electron chi connectivity index (χ3n) is 7.30. The van der Waals surface area contributed by atoms with Gasteiger partial charge in [0.25, 0.3) is 11.8 Å². The van der Waals surface area contributed by atoms with Gasteiger partial charge >= 0.3 is 0 Å². The highest BCUT2D eigenvalue weighted by Crippen LogP contribution is 2.40. The number of fused-ring (bicyclic) bond motifs is 2. The summed E-state index contributed by atoms with van der Waals surface area (Å²) in [5.74, 6) is 1.39. The van der Waals surface area contributed by atoms with Crippen LogP contribution in [-0.4, -0.2) is 74.8 Å². The molecule has 3 aliphatic rings. The number of hydrogen-bond acceptors (Lipinski definition) is 10. The summed E-state index contributed by atoms with van der Waals surface area (Å²) in [4.78, 5) is 15.2. The van der Waals surface area contributed by atoms with Crippen LogP contribution in [0, 0.1) is 0 Å². The molecule has 11 heteroatoms. The zero-order valence-corrected chi connectivity index (χ0v) is 20.1. The molecule has 0 radical (unpaired) electrons. The Balaban J connectivity index is 1.25. The fraction of sp³-hybridized carbons (Fsp3) is 0.480. The molecule has 0 unspecified atom stereocenters. The highest BCUT2D eigenvalue weighted by Gasteiger charge is 2.48. The summed E-state index contributed by atoms with van der Waals surface area (Å²) in [5, 5.41) is 22.9. The lowest BCUT2D eigenvalue weighted by molar-refractivity contribution is 0.171. The molecule has 4 heterocycles. The largest absolute Gasteiger partial charge is 0.507 e. The third-order valence-corrected chi connectivity index (χ3v) is 7.30. The number of methoxy groups -OCH3 is 2. The maximum absolute atomic E-state index is 15.3. The van der Waals surface area contributed by atoms with E-state index in [1.54, 1.807) is 30.6 Å². The van der Waals surface area contributed by atoms with Crippen LogP contribution in [-0.2, 0) is 0 Å². The van der Waals surface area contributed by atoms with Gasteiger partial charge in [-0.2, -0.15) is 0 Å². The van der Waals surface area contributed by atoms with Crippen molar-refractivity contribution in [3.05, 3.63) is 30.6 Å². The second kappa shape index (κ2) is 9.12. The highest BCUT2D eigenvalue weighted by molar-refractivity contribution is 5.71. The number of nitrogens with one attached hydrogen (secondary N) is 1. The number of anilines is 1. The van der Waals surface area contributed by atoms with Gasteiger partial charge in [0.2, 0.25) is 0 Å². The number of rotatable bonds is 7. The van der Waals surface area contributed by atoms with Crippen molar-refractivity contribution in [2.45, 2.75) is 62.4 Å². The number of halogens is 1. The van der Waals surface area contributed by atoms with Crippen molar-refractivity contribution in [1.82, 2.24) is 30.5 Å². The number of piperidine rings is 1. The lowest BCUT2D eigenvalue weighted by Crippen LogP contribution is -2.57. The normalized spacial score (nSPS) is 25.0. The average Bonchev–Trinajstić information content (AvgIpc) is 3.66. The van der Waals surface area contributed by atoms with Crippen molar-refractivity contribution in [2.24, 2.45) is 0 Å². The van der Waals surface area contributed by atoms with Crippen molar-refractivity contribution in [2.75, 3.05) is 19.1 Å². The SMILES string of the molecule is COc1ncc(-c2ccc(-c3ncc(N(C4CC4)[C@@H]4C[C@H]5CC[C@H](N5)[C@@H]4F)nn3)c(O)c2)nc1OC. The third kappa shape index (κ3) is 4.06. The van der Waals surface area contributed by atoms with E-state index >= 15 is 4.39 Å². The maximum Gasteiger partial charge on any atom is 0.278 e. The molecule has 2 aliphatic heterocycles. The Morgan fingerprint density at radius 1 is 1.03 bits per heavy atom. The number of aromatic hydroxyl groups is 1. The number of nitrogens with zero attached hydrogens (tertiary/aromatic N) is 6. The van der Waals surface area contributed by atoms with E-state index in [1.807, 2.05) is 0 Å².